The van der Waals surface area contributed by atoms with Gasteiger partial charge in [0.15, 0.2) is 5.82 Å². The molecule has 1 rings (SSSR count). The molecule has 2 nitrogen and oxygen atoms in total. The Morgan fingerprint density at radius 2 is 1.88 bits per heavy atom. The molecule has 0 saturated carbocycles. The summed E-state index contributed by atoms with van der Waals surface area (Å²) in [6, 6.07) is 2.20. The van der Waals surface area contributed by atoms with Crippen LogP contribution >= 0.6 is 15.9 Å². The Hall–Kier alpha value is -0.970. The predicted octanol–water partition coefficient (Wildman–Crippen LogP) is 3.68. The standard InChI is InChI=1S/C11H11BrF2O2/c1-11(2,3)16-10(15)8-7(13)5-4-6(12)9(8)14/h4-5H,1-3H3. The van der Waals surface area contributed by atoms with Crippen molar-refractivity contribution in [3.05, 3.63) is 33.8 Å². The first kappa shape index (κ1) is 13.1. The lowest BCUT2D eigenvalue weighted by Crippen LogP contribution is -2.25. The van der Waals surface area contributed by atoms with Gasteiger partial charge in [-0.05, 0) is 48.8 Å². The normalized spacial score (nSPS) is 11.4. The van der Waals surface area contributed by atoms with Gasteiger partial charge in [-0.1, -0.05) is 0 Å². The van der Waals surface area contributed by atoms with Crippen LogP contribution in [0.1, 0.15) is 31.1 Å². The van der Waals surface area contributed by atoms with Gasteiger partial charge in [0.2, 0.25) is 0 Å². The van der Waals surface area contributed by atoms with E-state index in [1.165, 1.54) is 6.07 Å². The summed E-state index contributed by atoms with van der Waals surface area (Å²) >= 11 is 2.88. The molecule has 0 N–H and O–H groups in total. The Morgan fingerprint density at radius 1 is 1.31 bits per heavy atom. The number of hydrogen-bond donors (Lipinski definition) is 0. The quantitative estimate of drug-likeness (QED) is 0.583. The van der Waals surface area contributed by atoms with Crippen LogP contribution in [0, 0.1) is 11.6 Å². The molecule has 5 heteroatoms. The highest BCUT2D eigenvalue weighted by molar-refractivity contribution is 9.10. The van der Waals surface area contributed by atoms with Gasteiger partial charge in [-0.2, -0.15) is 0 Å². The van der Waals surface area contributed by atoms with Crippen LogP contribution in [0.25, 0.3) is 0 Å². The van der Waals surface area contributed by atoms with E-state index < -0.39 is 28.8 Å². The Kier molecular flexibility index (Phi) is 3.68. The molecule has 0 aliphatic rings. The number of halogens is 3. The SMILES string of the molecule is CC(C)(C)OC(=O)c1c(F)ccc(Br)c1F. The zero-order valence-electron chi connectivity index (χ0n) is 9.11. The summed E-state index contributed by atoms with van der Waals surface area (Å²) in [5, 5.41) is 0. The highest BCUT2D eigenvalue weighted by Gasteiger charge is 2.25. The van der Waals surface area contributed by atoms with Crippen molar-refractivity contribution >= 4 is 21.9 Å². The van der Waals surface area contributed by atoms with Gasteiger partial charge in [0.1, 0.15) is 17.0 Å². The molecule has 0 aromatic heterocycles. The van der Waals surface area contributed by atoms with E-state index in [4.69, 9.17) is 4.74 Å². The maximum absolute atomic E-state index is 13.5. The van der Waals surface area contributed by atoms with Gasteiger partial charge < -0.3 is 4.74 Å². The second-order valence-electron chi connectivity index (χ2n) is 4.22. The third-order valence-corrected chi connectivity index (χ3v) is 2.26. The second kappa shape index (κ2) is 4.49. The minimum absolute atomic E-state index is 0.0229. The molecule has 0 amide bonds. The lowest BCUT2D eigenvalue weighted by molar-refractivity contribution is 0.00594. The second-order valence-corrected chi connectivity index (χ2v) is 5.07. The summed E-state index contributed by atoms with van der Waals surface area (Å²) in [7, 11) is 0. The maximum Gasteiger partial charge on any atom is 0.344 e. The summed E-state index contributed by atoms with van der Waals surface area (Å²) in [4.78, 5) is 11.5. The molecule has 0 saturated heterocycles. The van der Waals surface area contributed by atoms with E-state index in [2.05, 4.69) is 15.9 Å². The minimum Gasteiger partial charge on any atom is -0.456 e. The summed E-state index contributed by atoms with van der Waals surface area (Å²) in [5.41, 5.74) is -1.47. The first-order valence-corrected chi connectivity index (χ1v) is 5.38. The maximum atomic E-state index is 13.5. The molecule has 1 aromatic rings. The van der Waals surface area contributed by atoms with Crippen LogP contribution in [0.15, 0.2) is 16.6 Å². The lowest BCUT2D eigenvalue weighted by atomic mass is 10.1. The topological polar surface area (TPSA) is 26.3 Å². The summed E-state index contributed by atoms with van der Waals surface area (Å²) in [5.74, 6) is -2.90. The molecule has 0 bridgehead atoms. The van der Waals surface area contributed by atoms with Crippen LogP contribution in [-0.2, 0) is 4.74 Å². The van der Waals surface area contributed by atoms with Crippen LogP contribution in [0.2, 0.25) is 0 Å². The van der Waals surface area contributed by atoms with E-state index in [0.717, 1.165) is 6.07 Å². The fraction of sp³-hybridized carbons (Fsp3) is 0.364. The third-order valence-electron chi connectivity index (χ3n) is 1.65. The van der Waals surface area contributed by atoms with Crippen LogP contribution < -0.4 is 0 Å². The smallest absolute Gasteiger partial charge is 0.344 e. The van der Waals surface area contributed by atoms with Gasteiger partial charge in [-0.15, -0.1) is 0 Å². The van der Waals surface area contributed by atoms with Gasteiger partial charge in [0.25, 0.3) is 0 Å². The largest absolute Gasteiger partial charge is 0.456 e. The average Bonchev–Trinajstić information content (AvgIpc) is 2.09. The zero-order valence-corrected chi connectivity index (χ0v) is 10.7. The van der Waals surface area contributed by atoms with Gasteiger partial charge >= 0.3 is 5.97 Å². The van der Waals surface area contributed by atoms with Crippen molar-refractivity contribution in [3.8, 4) is 0 Å². The lowest BCUT2D eigenvalue weighted by Gasteiger charge is -2.19. The van der Waals surface area contributed by atoms with Crippen LogP contribution in [0.3, 0.4) is 0 Å². The number of esters is 1. The van der Waals surface area contributed by atoms with Crippen LogP contribution in [0.5, 0.6) is 0 Å². The zero-order chi connectivity index (χ0) is 12.5. The third kappa shape index (κ3) is 3.01. The van der Waals surface area contributed by atoms with Crippen LogP contribution in [-0.4, -0.2) is 11.6 Å². The number of rotatable bonds is 1. The van der Waals surface area contributed by atoms with Crippen molar-refractivity contribution in [2.45, 2.75) is 26.4 Å². The molecule has 0 atom stereocenters. The highest BCUT2D eigenvalue weighted by atomic mass is 79.9. The van der Waals surface area contributed by atoms with E-state index in [9.17, 15) is 13.6 Å². The Balaban J connectivity index is 3.14. The Labute approximate surface area is 101 Å². The van der Waals surface area contributed by atoms with Crippen molar-refractivity contribution in [1.29, 1.82) is 0 Å². The molecule has 0 fully saturated rings. The number of benzene rings is 1. The van der Waals surface area contributed by atoms with E-state index in [0.29, 0.717) is 0 Å². The summed E-state index contributed by atoms with van der Waals surface area (Å²) in [6.45, 7) is 4.87. The van der Waals surface area contributed by atoms with Crippen molar-refractivity contribution in [3.63, 3.8) is 0 Å². The summed E-state index contributed by atoms with van der Waals surface area (Å²) in [6.07, 6.45) is 0. The number of ether oxygens (including phenoxy) is 1. The molecule has 0 heterocycles. The highest BCUT2D eigenvalue weighted by Crippen LogP contribution is 2.23. The van der Waals surface area contributed by atoms with E-state index in [1.807, 2.05) is 0 Å². The fourth-order valence-electron chi connectivity index (χ4n) is 1.04. The van der Waals surface area contributed by atoms with E-state index in [1.54, 1.807) is 20.8 Å². The molecular formula is C11H11BrF2O2. The van der Waals surface area contributed by atoms with Crippen molar-refractivity contribution < 1.29 is 18.3 Å². The van der Waals surface area contributed by atoms with E-state index in [-0.39, 0.29) is 4.47 Å². The van der Waals surface area contributed by atoms with Crippen LogP contribution in [0.4, 0.5) is 8.78 Å². The predicted molar refractivity (Wildman–Crippen MR) is 59.2 cm³/mol. The molecule has 0 radical (unpaired) electrons. The first-order valence-electron chi connectivity index (χ1n) is 4.59. The van der Waals surface area contributed by atoms with Gasteiger partial charge in [-0.25, -0.2) is 13.6 Å². The van der Waals surface area contributed by atoms with Crippen molar-refractivity contribution in [2.75, 3.05) is 0 Å². The number of carbonyl (C=O) groups excluding carboxylic acids is 1. The summed E-state index contributed by atoms with van der Waals surface area (Å²) < 4.78 is 31.7. The van der Waals surface area contributed by atoms with E-state index >= 15 is 0 Å². The molecule has 0 aliphatic carbocycles. The molecule has 0 spiro atoms. The monoisotopic (exact) mass is 292 g/mol. The molecule has 0 unspecified atom stereocenters. The minimum atomic E-state index is -1.01. The molecule has 1 aromatic carbocycles. The van der Waals surface area contributed by atoms with Crippen molar-refractivity contribution in [1.82, 2.24) is 0 Å². The van der Waals surface area contributed by atoms with Gasteiger partial charge in [0.05, 0.1) is 4.47 Å². The van der Waals surface area contributed by atoms with Crippen molar-refractivity contribution in [2.24, 2.45) is 0 Å². The Morgan fingerprint density at radius 3 is 2.38 bits per heavy atom. The van der Waals surface area contributed by atoms with Gasteiger partial charge in [0, 0.05) is 0 Å². The Bertz CT molecular complexity index is 425. The molecule has 88 valence electrons. The number of hydrogen-bond acceptors (Lipinski definition) is 2. The fourth-order valence-corrected chi connectivity index (χ4v) is 1.37. The molecule has 0 aliphatic heterocycles. The first-order chi connectivity index (χ1) is 7.22. The molecular weight excluding hydrogens is 282 g/mol. The van der Waals surface area contributed by atoms with Gasteiger partial charge in [-0.3, -0.25) is 0 Å². The average molecular weight is 293 g/mol. The molecule has 16 heavy (non-hydrogen) atoms. The number of carbonyl (C=O) groups is 1.